The van der Waals surface area contributed by atoms with Crippen LogP contribution in [-0.2, 0) is 32.6 Å². The third-order valence-electron chi connectivity index (χ3n) is 8.15. The SMILES string of the molecule is CC[C@H](C)NC(=O)[C@H](Cc1ccccc1)N(Cc1ccc(Cl)c(Cl)c1)C(=O)CN(c1ccc(C)cc1)S(=O)(=O)c1ccc(OC)c(OC)c1. The number of methoxy groups -OCH3 is 2. The van der Waals surface area contributed by atoms with Gasteiger partial charge in [-0.3, -0.25) is 13.9 Å². The van der Waals surface area contributed by atoms with E-state index in [4.69, 9.17) is 32.7 Å². The Bertz CT molecular complexity index is 1860. The van der Waals surface area contributed by atoms with Gasteiger partial charge in [-0.15, -0.1) is 0 Å². The lowest BCUT2D eigenvalue weighted by Crippen LogP contribution is -2.54. The number of hydrogen-bond donors (Lipinski definition) is 1. The molecule has 0 aliphatic carbocycles. The van der Waals surface area contributed by atoms with Gasteiger partial charge < -0.3 is 19.7 Å². The van der Waals surface area contributed by atoms with Crippen LogP contribution in [0.4, 0.5) is 5.69 Å². The molecule has 0 heterocycles. The topological polar surface area (TPSA) is 105 Å². The van der Waals surface area contributed by atoms with Crippen molar-refractivity contribution in [3.63, 3.8) is 0 Å². The number of carbonyl (C=O) groups excluding carboxylic acids is 2. The molecule has 0 saturated heterocycles. The molecule has 49 heavy (non-hydrogen) atoms. The Labute approximate surface area is 298 Å². The number of carbonyl (C=O) groups is 2. The molecule has 4 aromatic rings. The third-order valence-corrected chi connectivity index (χ3v) is 10.7. The van der Waals surface area contributed by atoms with E-state index in [0.29, 0.717) is 22.8 Å². The van der Waals surface area contributed by atoms with Gasteiger partial charge in [0.25, 0.3) is 10.0 Å². The lowest BCUT2D eigenvalue weighted by atomic mass is 10.0. The average molecular weight is 727 g/mol. The molecule has 0 fully saturated rings. The molecular weight excluding hydrogens is 685 g/mol. The number of ether oxygens (including phenoxy) is 2. The summed E-state index contributed by atoms with van der Waals surface area (Å²) in [6.07, 6.45) is 0.860. The summed E-state index contributed by atoms with van der Waals surface area (Å²) in [5.41, 5.74) is 2.62. The van der Waals surface area contributed by atoms with Crippen LogP contribution in [0.2, 0.25) is 10.0 Å². The molecule has 4 aromatic carbocycles. The van der Waals surface area contributed by atoms with Gasteiger partial charge in [-0.1, -0.05) is 84.2 Å². The summed E-state index contributed by atoms with van der Waals surface area (Å²) in [5, 5.41) is 3.65. The maximum absolute atomic E-state index is 14.7. The smallest absolute Gasteiger partial charge is 0.264 e. The summed E-state index contributed by atoms with van der Waals surface area (Å²) < 4.78 is 40.6. The minimum Gasteiger partial charge on any atom is -0.493 e. The highest BCUT2D eigenvalue weighted by atomic mass is 35.5. The molecule has 0 saturated carbocycles. The fraction of sp³-hybridized carbons (Fsp3) is 0.297. The highest BCUT2D eigenvalue weighted by Gasteiger charge is 2.35. The summed E-state index contributed by atoms with van der Waals surface area (Å²) >= 11 is 12.6. The first-order chi connectivity index (χ1) is 23.4. The van der Waals surface area contributed by atoms with Gasteiger partial charge in [-0.05, 0) is 67.8 Å². The van der Waals surface area contributed by atoms with Crippen molar-refractivity contribution in [1.29, 1.82) is 0 Å². The van der Waals surface area contributed by atoms with Crippen LogP contribution in [0.15, 0.2) is 95.9 Å². The van der Waals surface area contributed by atoms with Crippen molar-refractivity contribution < 1.29 is 27.5 Å². The van der Waals surface area contributed by atoms with Crippen LogP contribution in [0, 0.1) is 6.92 Å². The maximum Gasteiger partial charge on any atom is 0.264 e. The average Bonchev–Trinajstić information content (AvgIpc) is 3.10. The molecule has 2 atom stereocenters. The standard InChI is InChI=1S/C37H41Cl2N3O6S/c1-6-26(3)40-37(44)33(21-27-10-8-7-9-11-27)41(23-28-14-18-31(38)32(39)20-28)36(43)24-42(29-15-12-25(2)13-16-29)49(45,46)30-17-19-34(47-4)35(22-30)48-5/h7-20,22,26,33H,6,21,23-24H2,1-5H3,(H,40,44)/t26-,33-/m0/s1. The van der Waals surface area contributed by atoms with Gasteiger partial charge in [0.15, 0.2) is 11.5 Å². The highest BCUT2D eigenvalue weighted by Crippen LogP contribution is 2.33. The minimum absolute atomic E-state index is 0.0424. The molecule has 0 aromatic heterocycles. The van der Waals surface area contributed by atoms with Gasteiger partial charge in [0.1, 0.15) is 12.6 Å². The summed E-state index contributed by atoms with van der Waals surface area (Å²) in [6, 6.07) is 24.2. The van der Waals surface area contributed by atoms with Crippen molar-refractivity contribution in [3.8, 4) is 11.5 Å². The van der Waals surface area contributed by atoms with Gasteiger partial charge in [0, 0.05) is 25.1 Å². The van der Waals surface area contributed by atoms with E-state index in [0.717, 1.165) is 15.4 Å². The van der Waals surface area contributed by atoms with Crippen molar-refractivity contribution >= 4 is 50.7 Å². The Morgan fingerprint density at radius 3 is 2.12 bits per heavy atom. The monoisotopic (exact) mass is 725 g/mol. The van der Waals surface area contributed by atoms with Crippen molar-refractivity contribution in [3.05, 3.63) is 118 Å². The Kier molecular flexibility index (Phi) is 13.0. The molecule has 4 rings (SSSR count). The minimum atomic E-state index is -4.35. The Morgan fingerprint density at radius 2 is 1.51 bits per heavy atom. The fourth-order valence-corrected chi connectivity index (χ4v) is 6.92. The second-order valence-electron chi connectivity index (χ2n) is 11.7. The predicted octanol–water partition coefficient (Wildman–Crippen LogP) is 7.07. The number of halogens is 2. The number of nitrogens with one attached hydrogen (secondary N) is 1. The summed E-state index contributed by atoms with van der Waals surface area (Å²) in [6.45, 7) is 5.07. The predicted molar refractivity (Wildman–Crippen MR) is 194 cm³/mol. The molecule has 12 heteroatoms. The van der Waals surface area contributed by atoms with Crippen LogP contribution >= 0.6 is 23.2 Å². The number of hydrogen-bond acceptors (Lipinski definition) is 6. The number of rotatable bonds is 15. The normalized spacial score (nSPS) is 12.5. The van der Waals surface area contributed by atoms with Crippen molar-refractivity contribution in [2.24, 2.45) is 0 Å². The fourth-order valence-electron chi connectivity index (χ4n) is 5.17. The number of aryl methyl sites for hydroxylation is 1. The van der Waals surface area contributed by atoms with Crippen LogP contribution in [0.5, 0.6) is 11.5 Å². The molecule has 0 radical (unpaired) electrons. The Hall–Kier alpha value is -4.25. The van der Waals surface area contributed by atoms with Gasteiger partial charge >= 0.3 is 0 Å². The summed E-state index contributed by atoms with van der Waals surface area (Å²) in [7, 11) is -1.49. The number of anilines is 1. The molecule has 0 spiro atoms. The van der Waals surface area contributed by atoms with Gasteiger partial charge in [-0.25, -0.2) is 8.42 Å². The molecule has 2 amide bonds. The largest absolute Gasteiger partial charge is 0.493 e. The number of amides is 2. The van der Waals surface area contributed by atoms with E-state index in [1.54, 1.807) is 42.5 Å². The van der Waals surface area contributed by atoms with E-state index in [1.807, 2.05) is 51.1 Å². The summed E-state index contributed by atoms with van der Waals surface area (Å²) in [4.78, 5) is 30.0. The zero-order chi connectivity index (χ0) is 35.7. The molecule has 9 nitrogen and oxygen atoms in total. The van der Waals surface area contributed by atoms with Crippen molar-refractivity contribution in [2.75, 3.05) is 25.1 Å². The van der Waals surface area contributed by atoms with Crippen LogP contribution in [0.1, 0.15) is 37.0 Å². The molecule has 0 bridgehead atoms. The van der Waals surface area contributed by atoms with E-state index in [9.17, 15) is 18.0 Å². The lowest BCUT2D eigenvalue weighted by Gasteiger charge is -2.34. The second-order valence-corrected chi connectivity index (χ2v) is 14.3. The maximum atomic E-state index is 14.7. The van der Waals surface area contributed by atoms with Crippen LogP contribution in [-0.4, -0.2) is 58.0 Å². The molecule has 260 valence electrons. The van der Waals surface area contributed by atoms with Crippen LogP contribution < -0.4 is 19.1 Å². The van der Waals surface area contributed by atoms with Crippen molar-refractivity contribution in [1.82, 2.24) is 10.2 Å². The van der Waals surface area contributed by atoms with Gasteiger partial charge in [0.05, 0.1) is 34.8 Å². The lowest BCUT2D eigenvalue weighted by molar-refractivity contribution is -0.140. The van der Waals surface area contributed by atoms with Crippen molar-refractivity contribution in [2.45, 2.75) is 57.1 Å². The highest BCUT2D eigenvalue weighted by molar-refractivity contribution is 7.92. The first kappa shape index (κ1) is 37.6. The van der Waals surface area contributed by atoms with Crippen LogP contribution in [0.25, 0.3) is 0 Å². The Balaban J connectivity index is 1.84. The summed E-state index contributed by atoms with van der Waals surface area (Å²) in [5.74, 6) is -0.403. The van der Waals surface area contributed by atoms with E-state index in [1.165, 1.54) is 37.3 Å². The van der Waals surface area contributed by atoms with E-state index < -0.39 is 28.5 Å². The third kappa shape index (κ3) is 9.47. The molecule has 0 aliphatic rings. The van der Waals surface area contributed by atoms with Crippen LogP contribution in [0.3, 0.4) is 0 Å². The number of sulfonamides is 1. The molecule has 1 N–H and O–H groups in total. The zero-order valence-corrected chi connectivity index (χ0v) is 30.5. The number of nitrogens with zero attached hydrogens (tertiary/aromatic N) is 2. The quantitative estimate of drug-likeness (QED) is 0.141. The van der Waals surface area contributed by atoms with Gasteiger partial charge in [-0.2, -0.15) is 0 Å². The molecular formula is C37H41Cl2N3O6S. The van der Waals surface area contributed by atoms with E-state index in [2.05, 4.69) is 5.32 Å². The van der Waals surface area contributed by atoms with E-state index in [-0.39, 0.29) is 46.3 Å². The van der Waals surface area contributed by atoms with Gasteiger partial charge in [0.2, 0.25) is 11.8 Å². The first-order valence-electron chi connectivity index (χ1n) is 15.8. The van der Waals surface area contributed by atoms with E-state index >= 15 is 0 Å². The second kappa shape index (κ2) is 16.9. The molecule has 0 aliphatic heterocycles. The molecule has 0 unspecified atom stereocenters. The zero-order valence-electron chi connectivity index (χ0n) is 28.2. The Morgan fingerprint density at radius 1 is 0.837 bits per heavy atom. The first-order valence-corrected chi connectivity index (χ1v) is 18.0. The number of benzene rings is 4.